The normalized spacial score (nSPS) is 12.6. The van der Waals surface area contributed by atoms with Crippen LogP contribution in [0.3, 0.4) is 0 Å². The van der Waals surface area contributed by atoms with Crippen LogP contribution in [0.25, 0.3) is 0 Å². The summed E-state index contributed by atoms with van der Waals surface area (Å²) in [5, 5.41) is 12.9. The van der Waals surface area contributed by atoms with Crippen molar-refractivity contribution in [3.63, 3.8) is 0 Å². The highest BCUT2D eigenvalue weighted by Crippen LogP contribution is 2.19. The largest absolute Gasteiger partial charge is 0.468 e. The highest BCUT2D eigenvalue weighted by atomic mass is 35.5. The van der Waals surface area contributed by atoms with E-state index in [1.54, 1.807) is 18.4 Å². The third-order valence-corrected chi connectivity index (χ3v) is 2.85. The minimum Gasteiger partial charge on any atom is -0.468 e. The van der Waals surface area contributed by atoms with Gasteiger partial charge in [-0.2, -0.15) is 0 Å². The number of nitrogens with one attached hydrogen (secondary N) is 1. The Balaban J connectivity index is 1.87. The second-order valence-corrected chi connectivity index (χ2v) is 4.31. The van der Waals surface area contributed by atoms with E-state index in [1.807, 2.05) is 6.07 Å². The van der Waals surface area contributed by atoms with Gasteiger partial charge in [0.1, 0.15) is 11.6 Å². The summed E-state index contributed by atoms with van der Waals surface area (Å²) in [7, 11) is 0. The zero-order chi connectivity index (χ0) is 13.0. The molecule has 0 aliphatic carbocycles. The molecule has 0 aliphatic heterocycles. The molecule has 1 heterocycles. The molecule has 1 aromatic carbocycles. The first kappa shape index (κ1) is 13.1. The highest BCUT2D eigenvalue weighted by molar-refractivity contribution is 6.30. The minimum absolute atomic E-state index is 0.0505. The van der Waals surface area contributed by atoms with E-state index >= 15 is 0 Å². The maximum Gasteiger partial charge on any atom is 0.142 e. The number of halogens is 2. The number of benzene rings is 1. The molecular weight excluding hydrogens is 257 g/mol. The van der Waals surface area contributed by atoms with Crippen LogP contribution < -0.4 is 5.32 Å². The van der Waals surface area contributed by atoms with Gasteiger partial charge in [-0.05, 0) is 29.8 Å². The van der Waals surface area contributed by atoms with Crippen LogP contribution in [-0.2, 0) is 6.54 Å². The topological polar surface area (TPSA) is 45.4 Å². The maximum absolute atomic E-state index is 13.2. The van der Waals surface area contributed by atoms with E-state index in [9.17, 15) is 9.50 Å². The van der Waals surface area contributed by atoms with Gasteiger partial charge in [-0.15, -0.1) is 0 Å². The van der Waals surface area contributed by atoms with Gasteiger partial charge >= 0.3 is 0 Å². The Morgan fingerprint density at radius 3 is 2.89 bits per heavy atom. The molecule has 0 amide bonds. The molecule has 0 spiro atoms. The van der Waals surface area contributed by atoms with Crippen molar-refractivity contribution in [2.24, 2.45) is 0 Å². The van der Waals surface area contributed by atoms with Crippen LogP contribution in [0, 0.1) is 5.82 Å². The Kier molecular flexibility index (Phi) is 4.36. The molecule has 3 nitrogen and oxygen atoms in total. The molecule has 2 N–H and O–H groups in total. The van der Waals surface area contributed by atoms with Crippen molar-refractivity contribution in [1.29, 1.82) is 0 Å². The first-order chi connectivity index (χ1) is 8.66. The van der Waals surface area contributed by atoms with E-state index in [2.05, 4.69) is 5.32 Å². The van der Waals surface area contributed by atoms with Gasteiger partial charge in [0.05, 0.1) is 23.9 Å². The summed E-state index contributed by atoms with van der Waals surface area (Å²) < 4.78 is 18.3. The van der Waals surface area contributed by atoms with Crippen molar-refractivity contribution >= 4 is 11.6 Å². The van der Waals surface area contributed by atoms with E-state index in [-0.39, 0.29) is 5.02 Å². The lowest BCUT2D eigenvalue weighted by molar-refractivity contribution is 0.173. The van der Waals surface area contributed by atoms with Gasteiger partial charge in [-0.3, -0.25) is 0 Å². The molecule has 0 aliphatic rings. The van der Waals surface area contributed by atoms with Crippen LogP contribution in [0.5, 0.6) is 0 Å². The lowest BCUT2D eigenvalue weighted by atomic mass is 10.1. The molecule has 0 radical (unpaired) electrons. The van der Waals surface area contributed by atoms with Gasteiger partial charge in [-0.25, -0.2) is 4.39 Å². The average Bonchev–Trinajstić information content (AvgIpc) is 2.85. The predicted molar refractivity (Wildman–Crippen MR) is 66.8 cm³/mol. The van der Waals surface area contributed by atoms with Crippen LogP contribution in [-0.4, -0.2) is 11.7 Å². The summed E-state index contributed by atoms with van der Waals surface area (Å²) in [5.41, 5.74) is 0.490. The smallest absolute Gasteiger partial charge is 0.142 e. The number of hydrogen-bond acceptors (Lipinski definition) is 3. The monoisotopic (exact) mass is 269 g/mol. The molecule has 0 saturated carbocycles. The highest BCUT2D eigenvalue weighted by Gasteiger charge is 2.10. The van der Waals surface area contributed by atoms with Crippen molar-refractivity contribution in [3.05, 3.63) is 58.8 Å². The number of aliphatic hydroxyl groups excluding tert-OH is 1. The molecule has 0 bridgehead atoms. The Morgan fingerprint density at radius 1 is 1.39 bits per heavy atom. The quantitative estimate of drug-likeness (QED) is 0.877. The minimum atomic E-state index is -0.785. The van der Waals surface area contributed by atoms with Crippen molar-refractivity contribution in [1.82, 2.24) is 5.32 Å². The van der Waals surface area contributed by atoms with Gasteiger partial charge in [0.2, 0.25) is 0 Å². The lowest BCUT2D eigenvalue weighted by Gasteiger charge is -2.12. The number of furan rings is 1. The second-order valence-electron chi connectivity index (χ2n) is 3.90. The maximum atomic E-state index is 13.2. The Bertz CT molecular complexity index is 502. The summed E-state index contributed by atoms with van der Waals surface area (Å²) in [6, 6.07) is 7.90. The third kappa shape index (κ3) is 3.32. The average molecular weight is 270 g/mol. The summed E-state index contributed by atoms with van der Waals surface area (Å²) in [4.78, 5) is 0. The molecule has 0 saturated heterocycles. The summed E-state index contributed by atoms with van der Waals surface area (Å²) in [6.45, 7) is 0.821. The van der Waals surface area contributed by atoms with Crippen LogP contribution in [0.4, 0.5) is 4.39 Å². The Hall–Kier alpha value is -1.36. The van der Waals surface area contributed by atoms with E-state index in [1.165, 1.54) is 12.1 Å². The van der Waals surface area contributed by atoms with E-state index < -0.39 is 11.9 Å². The van der Waals surface area contributed by atoms with Crippen LogP contribution in [0.15, 0.2) is 41.0 Å². The van der Waals surface area contributed by atoms with Crippen molar-refractivity contribution in [3.8, 4) is 0 Å². The van der Waals surface area contributed by atoms with Crippen molar-refractivity contribution in [2.45, 2.75) is 12.6 Å². The number of rotatable bonds is 5. The molecule has 1 unspecified atom stereocenters. The van der Waals surface area contributed by atoms with Crippen LogP contribution in [0.2, 0.25) is 5.02 Å². The fraction of sp³-hybridized carbons (Fsp3) is 0.231. The van der Waals surface area contributed by atoms with E-state index in [0.29, 0.717) is 18.7 Å². The SMILES string of the molecule is OC(CNCc1ccco1)c1ccc(Cl)c(F)c1. The summed E-state index contributed by atoms with van der Waals surface area (Å²) >= 11 is 5.57. The molecule has 18 heavy (non-hydrogen) atoms. The molecule has 2 rings (SSSR count). The molecule has 1 aromatic heterocycles. The van der Waals surface area contributed by atoms with Crippen molar-refractivity contribution in [2.75, 3.05) is 6.54 Å². The molecule has 2 aromatic rings. The fourth-order valence-corrected chi connectivity index (χ4v) is 1.70. The van der Waals surface area contributed by atoms with Crippen molar-refractivity contribution < 1.29 is 13.9 Å². The standard InChI is InChI=1S/C13H13ClFNO2/c14-11-4-3-9(6-12(11)15)13(17)8-16-7-10-2-1-5-18-10/h1-6,13,16-17H,7-8H2. The third-order valence-electron chi connectivity index (χ3n) is 2.55. The fourth-order valence-electron chi connectivity index (χ4n) is 1.58. The number of aliphatic hydroxyl groups is 1. The van der Waals surface area contributed by atoms with Crippen LogP contribution in [0.1, 0.15) is 17.4 Å². The zero-order valence-corrected chi connectivity index (χ0v) is 10.3. The zero-order valence-electron chi connectivity index (χ0n) is 9.57. The molecule has 1 atom stereocenters. The van der Waals surface area contributed by atoms with Gasteiger partial charge in [0, 0.05) is 6.54 Å². The Morgan fingerprint density at radius 2 is 2.22 bits per heavy atom. The van der Waals surface area contributed by atoms with E-state index in [4.69, 9.17) is 16.0 Å². The summed E-state index contributed by atoms with van der Waals surface area (Å²) in [5.74, 6) is 0.253. The first-order valence-electron chi connectivity index (χ1n) is 5.53. The van der Waals surface area contributed by atoms with Gasteiger partial charge < -0.3 is 14.8 Å². The van der Waals surface area contributed by atoms with Crippen LogP contribution >= 0.6 is 11.6 Å². The molecular formula is C13H13ClFNO2. The lowest BCUT2D eigenvalue weighted by Crippen LogP contribution is -2.20. The molecule has 96 valence electrons. The molecule has 5 heteroatoms. The van der Waals surface area contributed by atoms with E-state index in [0.717, 1.165) is 5.76 Å². The van der Waals surface area contributed by atoms with Gasteiger partial charge in [-0.1, -0.05) is 17.7 Å². The predicted octanol–water partition coefficient (Wildman–Crippen LogP) is 2.90. The Labute approximate surface area is 109 Å². The second kappa shape index (κ2) is 6.00. The van der Waals surface area contributed by atoms with Gasteiger partial charge in [0.25, 0.3) is 0 Å². The molecule has 0 fully saturated rings. The van der Waals surface area contributed by atoms with Gasteiger partial charge in [0.15, 0.2) is 0 Å². The summed E-state index contributed by atoms with van der Waals surface area (Å²) in [6.07, 6.45) is 0.800. The number of hydrogen-bond donors (Lipinski definition) is 2. The first-order valence-corrected chi connectivity index (χ1v) is 5.90.